The molecule has 18 heteroatoms. The molecule has 24 heavy (non-hydrogen) atoms. The van der Waals surface area contributed by atoms with Gasteiger partial charge in [-0.25, -0.2) is 13.7 Å². The lowest BCUT2D eigenvalue weighted by molar-refractivity contribution is -0.212. The van der Waals surface area contributed by atoms with Crippen LogP contribution in [0.3, 0.4) is 0 Å². The molecular weight excluding hydrogens is 405 g/mol. The van der Waals surface area contributed by atoms with Crippen LogP contribution in [0.25, 0.3) is 0 Å². The maximum Gasteiger partial charge on any atom is 0.470 e. The second kappa shape index (κ2) is 7.45. The molecule has 0 radical (unpaired) electrons. The molecule has 9 N–H and O–H groups in total. The first-order chi connectivity index (χ1) is 10.5. The van der Waals surface area contributed by atoms with Crippen molar-refractivity contribution in [1.29, 1.82) is 0 Å². The number of aliphatic hydroxyl groups is 3. The van der Waals surface area contributed by atoms with Gasteiger partial charge in [-0.3, -0.25) is 13.6 Å². The Balaban J connectivity index is 3.32. The van der Waals surface area contributed by atoms with E-state index in [4.69, 9.17) is 29.4 Å². The summed E-state index contributed by atoms with van der Waals surface area (Å²) in [7, 11) is -16.3. The van der Waals surface area contributed by atoms with E-state index in [1.54, 1.807) is 0 Å². The second-order valence-electron chi connectivity index (χ2n) is 4.65. The Morgan fingerprint density at radius 2 is 0.750 bits per heavy atom. The van der Waals surface area contributed by atoms with Crippen molar-refractivity contribution < 1.29 is 71.9 Å². The smallest absolute Gasteiger partial charge is 0.387 e. The summed E-state index contributed by atoms with van der Waals surface area (Å²) in [5.41, 5.74) is 0. The molecule has 6 atom stereocenters. The van der Waals surface area contributed by atoms with Crippen LogP contribution < -0.4 is 0 Å². The zero-order valence-electron chi connectivity index (χ0n) is 11.3. The van der Waals surface area contributed by atoms with Crippen LogP contribution in [0.5, 0.6) is 0 Å². The summed E-state index contributed by atoms with van der Waals surface area (Å²) in [5.74, 6) is 0. The van der Waals surface area contributed by atoms with Crippen LogP contribution in [0.15, 0.2) is 0 Å². The molecule has 1 rings (SSSR count). The molecular formula is C6H15O15P3. The molecule has 0 aromatic carbocycles. The number of phosphoric acid groups is 3. The van der Waals surface area contributed by atoms with Gasteiger partial charge in [0.1, 0.15) is 36.6 Å². The third kappa shape index (κ3) is 6.50. The van der Waals surface area contributed by atoms with Crippen molar-refractivity contribution in [2.24, 2.45) is 0 Å². The van der Waals surface area contributed by atoms with Crippen LogP contribution in [0, 0.1) is 0 Å². The molecule has 15 nitrogen and oxygen atoms in total. The number of hydrogen-bond acceptors (Lipinski definition) is 9. The van der Waals surface area contributed by atoms with E-state index in [0.717, 1.165) is 0 Å². The van der Waals surface area contributed by atoms with E-state index < -0.39 is 60.1 Å². The van der Waals surface area contributed by atoms with Crippen molar-refractivity contribution in [3.8, 4) is 0 Å². The number of hydrogen-bond donors (Lipinski definition) is 9. The van der Waals surface area contributed by atoms with Gasteiger partial charge in [-0.05, 0) is 0 Å². The number of aliphatic hydroxyl groups excluding tert-OH is 3. The Kier molecular flexibility index (Phi) is 6.90. The van der Waals surface area contributed by atoms with Gasteiger partial charge in [0.05, 0.1) is 0 Å². The Morgan fingerprint density at radius 1 is 0.500 bits per heavy atom. The van der Waals surface area contributed by atoms with E-state index in [1.165, 1.54) is 0 Å². The van der Waals surface area contributed by atoms with Gasteiger partial charge in [-0.1, -0.05) is 0 Å². The first-order valence-electron chi connectivity index (χ1n) is 5.78. The third-order valence-electron chi connectivity index (χ3n) is 2.80. The summed E-state index contributed by atoms with van der Waals surface area (Å²) in [5, 5.41) is 29.0. The number of rotatable bonds is 6. The molecule has 0 amide bonds. The molecule has 1 aliphatic carbocycles. The van der Waals surface area contributed by atoms with E-state index in [0.29, 0.717) is 0 Å². The fraction of sp³-hybridized carbons (Fsp3) is 1.00. The molecule has 0 heterocycles. The van der Waals surface area contributed by atoms with Crippen LogP contribution in [0.2, 0.25) is 0 Å². The average Bonchev–Trinajstić information content (AvgIpc) is 2.32. The minimum absolute atomic E-state index is 2.31. The lowest BCUT2D eigenvalue weighted by Gasteiger charge is -2.44. The minimum Gasteiger partial charge on any atom is -0.387 e. The summed E-state index contributed by atoms with van der Waals surface area (Å²) in [4.78, 5) is 52.7. The molecule has 0 bridgehead atoms. The standard InChI is InChI=1S/C6H15O15P3/c7-1-2(8)4(19-22(10,11)12)6(21-24(16,17)18)5(3(1)9)20-23(13,14)15/h1-9H,(H2,10,11,12)(H2,13,14,15)(H2,16,17,18)/t1?,2-,3+,4-,5-,6?/m1/s1. The lowest BCUT2D eigenvalue weighted by atomic mass is 9.85. The van der Waals surface area contributed by atoms with E-state index in [1.807, 2.05) is 0 Å². The summed E-state index contributed by atoms with van der Waals surface area (Å²) >= 11 is 0. The SMILES string of the molecule is O=P(O)(O)OC1[C@H](OP(=O)(O)O)[C@H](O)C(O)[C@H](O)[C@H]1OP(=O)(O)O. The number of phosphoric ester groups is 3. The van der Waals surface area contributed by atoms with Crippen molar-refractivity contribution in [3.63, 3.8) is 0 Å². The van der Waals surface area contributed by atoms with Crippen LogP contribution in [-0.4, -0.2) is 81.3 Å². The van der Waals surface area contributed by atoms with E-state index in [-0.39, 0.29) is 0 Å². The Hall–Kier alpha value is 0.210. The Morgan fingerprint density at radius 3 is 1.00 bits per heavy atom. The zero-order valence-corrected chi connectivity index (χ0v) is 14.0. The predicted octanol–water partition coefficient (Wildman–Crippen LogP) is -3.48. The van der Waals surface area contributed by atoms with Gasteiger partial charge < -0.3 is 44.7 Å². The van der Waals surface area contributed by atoms with Gasteiger partial charge in [-0.15, -0.1) is 0 Å². The molecule has 2 unspecified atom stereocenters. The highest BCUT2D eigenvalue weighted by molar-refractivity contribution is 7.47. The van der Waals surface area contributed by atoms with Crippen molar-refractivity contribution in [3.05, 3.63) is 0 Å². The summed E-state index contributed by atoms with van der Waals surface area (Å²) in [6.45, 7) is 0. The molecule has 1 saturated carbocycles. The van der Waals surface area contributed by atoms with Gasteiger partial charge in [-0.2, -0.15) is 0 Å². The van der Waals surface area contributed by atoms with E-state index in [2.05, 4.69) is 13.6 Å². The van der Waals surface area contributed by atoms with Gasteiger partial charge in [0.2, 0.25) is 0 Å². The first kappa shape index (κ1) is 22.3. The topological polar surface area (TPSA) is 261 Å². The fourth-order valence-electron chi connectivity index (χ4n) is 2.01. The Labute approximate surface area is 133 Å². The fourth-order valence-corrected chi connectivity index (χ4v) is 3.69. The van der Waals surface area contributed by atoms with Crippen molar-refractivity contribution >= 4 is 23.5 Å². The quantitative estimate of drug-likeness (QED) is 0.189. The van der Waals surface area contributed by atoms with Crippen molar-refractivity contribution in [2.75, 3.05) is 0 Å². The molecule has 0 aromatic rings. The molecule has 0 aromatic heterocycles. The van der Waals surface area contributed by atoms with Crippen LogP contribution in [0.4, 0.5) is 0 Å². The largest absolute Gasteiger partial charge is 0.470 e. The molecule has 0 saturated heterocycles. The molecule has 1 aliphatic rings. The third-order valence-corrected chi connectivity index (χ3v) is 4.35. The van der Waals surface area contributed by atoms with Gasteiger partial charge in [0, 0.05) is 0 Å². The van der Waals surface area contributed by atoms with Crippen molar-refractivity contribution in [1.82, 2.24) is 0 Å². The summed E-state index contributed by atoms with van der Waals surface area (Å²) in [6, 6.07) is 0. The molecule has 0 aliphatic heterocycles. The van der Waals surface area contributed by atoms with Gasteiger partial charge in [0.25, 0.3) is 0 Å². The van der Waals surface area contributed by atoms with Crippen LogP contribution in [-0.2, 0) is 27.3 Å². The van der Waals surface area contributed by atoms with Crippen LogP contribution >= 0.6 is 23.5 Å². The molecule has 144 valence electrons. The van der Waals surface area contributed by atoms with Crippen LogP contribution in [0.1, 0.15) is 0 Å². The molecule has 0 spiro atoms. The lowest BCUT2D eigenvalue weighted by Crippen LogP contribution is -2.65. The van der Waals surface area contributed by atoms with Gasteiger partial charge >= 0.3 is 23.5 Å². The van der Waals surface area contributed by atoms with Gasteiger partial charge in [0.15, 0.2) is 0 Å². The highest BCUT2D eigenvalue weighted by atomic mass is 31.2. The molecule has 1 fully saturated rings. The normalized spacial score (nSPS) is 35.9. The highest BCUT2D eigenvalue weighted by Gasteiger charge is 2.56. The van der Waals surface area contributed by atoms with E-state index in [9.17, 15) is 29.0 Å². The maximum atomic E-state index is 11.0. The highest BCUT2D eigenvalue weighted by Crippen LogP contribution is 2.50. The zero-order chi connectivity index (χ0) is 19.1. The van der Waals surface area contributed by atoms with E-state index >= 15 is 0 Å². The van der Waals surface area contributed by atoms with Crippen molar-refractivity contribution in [2.45, 2.75) is 36.6 Å². The monoisotopic (exact) mass is 420 g/mol. The average molecular weight is 420 g/mol. The second-order valence-corrected chi connectivity index (χ2v) is 8.23. The summed E-state index contributed by atoms with van der Waals surface area (Å²) < 4.78 is 45.0. The first-order valence-corrected chi connectivity index (χ1v) is 10.4. The maximum absolute atomic E-state index is 11.0. The minimum atomic E-state index is -5.48. The predicted molar refractivity (Wildman–Crippen MR) is 68.8 cm³/mol. The summed E-state index contributed by atoms with van der Waals surface area (Å²) in [6.07, 6.45) is -14.3. The Bertz CT molecular complexity index is 536.